The van der Waals surface area contributed by atoms with E-state index in [0.717, 1.165) is 34.6 Å². The van der Waals surface area contributed by atoms with Crippen LogP contribution in [0.3, 0.4) is 0 Å². The number of carbonyl (C=O) groups is 7. The quantitative estimate of drug-likeness (QED) is 0.128. The lowest BCUT2D eigenvalue weighted by atomic mass is 9.67. The van der Waals surface area contributed by atoms with Crippen LogP contribution in [0.5, 0.6) is 0 Å². The molecule has 0 amide bonds. The standard InChI is InChI=1S/C26H36O18/c1-9(27)17(34)22-26(37,11(3)29)25(36,10(2)28)21(35)24(43-22)44-23-20(41-15(7)33)19(40-14(6)32)18(39-13(5)31)16(42-23)8-38-12(4)30/h16-24,34-37H,8H2,1-7H3/t16-,17?,18-,19+,20+,21-,22-,23+,24-,25-,26-/m1/s1. The van der Waals surface area contributed by atoms with Crippen LogP contribution in [0.15, 0.2) is 0 Å². The zero-order valence-electron chi connectivity index (χ0n) is 24.9. The van der Waals surface area contributed by atoms with Crippen molar-refractivity contribution in [3.63, 3.8) is 0 Å². The molecule has 0 aromatic heterocycles. The summed E-state index contributed by atoms with van der Waals surface area (Å²) >= 11 is 0. The summed E-state index contributed by atoms with van der Waals surface area (Å²) in [5.41, 5.74) is -6.87. The van der Waals surface area contributed by atoms with E-state index in [1.54, 1.807) is 0 Å². The number of aliphatic hydroxyl groups is 4. The molecular formula is C26H36O18. The van der Waals surface area contributed by atoms with Crippen LogP contribution in [0.1, 0.15) is 48.5 Å². The molecule has 2 aliphatic rings. The maximum absolute atomic E-state index is 12.7. The van der Waals surface area contributed by atoms with Crippen molar-refractivity contribution < 1.29 is 87.1 Å². The molecule has 44 heavy (non-hydrogen) atoms. The van der Waals surface area contributed by atoms with Gasteiger partial charge in [0.05, 0.1) is 0 Å². The Morgan fingerprint density at radius 1 is 0.682 bits per heavy atom. The van der Waals surface area contributed by atoms with Crippen LogP contribution in [0, 0.1) is 0 Å². The minimum Gasteiger partial charge on any atom is -0.463 e. The molecular weight excluding hydrogens is 600 g/mol. The number of hydrogen-bond acceptors (Lipinski definition) is 18. The lowest BCUT2D eigenvalue weighted by molar-refractivity contribution is -0.396. The summed E-state index contributed by atoms with van der Waals surface area (Å²) in [5.74, 6) is -7.64. The lowest BCUT2D eigenvalue weighted by Crippen LogP contribution is -2.81. The van der Waals surface area contributed by atoms with Crippen molar-refractivity contribution in [3.05, 3.63) is 0 Å². The van der Waals surface area contributed by atoms with Crippen molar-refractivity contribution in [1.29, 1.82) is 0 Å². The van der Waals surface area contributed by atoms with Gasteiger partial charge in [0.1, 0.15) is 31.0 Å². The highest BCUT2D eigenvalue weighted by atomic mass is 16.8. The summed E-state index contributed by atoms with van der Waals surface area (Å²) < 4.78 is 37.5. The first-order valence-electron chi connectivity index (χ1n) is 13.1. The van der Waals surface area contributed by atoms with Crippen LogP contribution >= 0.6 is 0 Å². The number of carbonyl (C=O) groups excluding carboxylic acids is 7. The maximum atomic E-state index is 12.7. The lowest BCUT2D eigenvalue weighted by Gasteiger charge is -2.54. The zero-order chi connectivity index (χ0) is 33.9. The predicted octanol–water partition coefficient (Wildman–Crippen LogP) is -3.24. The second kappa shape index (κ2) is 14.1. The van der Waals surface area contributed by atoms with Gasteiger partial charge in [-0.05, 0) is 20.8 Å². The van der Waals surface area contributed by atoms with Gasteiger partial charge in [-0.2, -0.15) is 0 Å². The predicted molar refractivity (Wildman–Crippen MR) is 136 cm³/mol. The number of aliphatic hydroxyl groups excluding tert-OH is 2. The molecule has 2 rings (SSSR count). The molecule has 0 aliphatic carbocycles. The van der Waals surface area contributed by atoms with Crippen LogP contribution in [-0.2, 0) is 66.7 Å². The van der Waals surface area contributed by atoms with Crippen LogP contribution in [0.4, 0.5) is 0 Å². The van der Waals surface area contributed by atoms with Crippen LogP contribution in [0.2, 0.25) is 0 Å². The van der Waals surface area contributed by atoms with Crippen molar-refractivity contribution in [1.82, 2.24) is 0 Å². The number of rotatable bonds is 11. The number of hydrogen-bond donors (Lipinski definition) is 4. The molecule has 2 fully saturated rings. The highest BCUT2D eigenvalue weighted by molar-refractivity contribution is 5.99. The molecule has 18 nitrogen and oxygen atoms in total. The van der Waals surface area contributed by atoms with Gasteiger partial charge in [-0.25, -0.2) is 0 Å². The smallest absolute Gasteiger partial charge is 0.303 e. The Hall–Kier alpha value is -3.39. The third-order valence-electron chi connectivity index (χ3n) is 6.95. The Kier molecular flexibility index (Phi) is 11.8. The molecule has 1 unspecified atom stereocenters. The molecule has 2 aliphatic heterocycles. The van der Waals surface area contributed by atoms with Gasteiger partial charge in [-0.3, -0.25) is 33.6 Å². The Bertz CT molecular complexity index is 1170. The van der Waals surface area contributed by atoms with Gasteiger partial charge in [-0.1, -0.05) is 0 Å². The summed E-state index contributed by atoms with van der Waals surface area (Å²) in [4.78, 5) is 85.0. The van der Waals surface area contributed by atoms with Gasteiger partial charge in [0.2, 0.25) is 6.29 Å². The van der Waals surface area contributed by atoms with Gasteiger partial charge in [-0.15, -0.1) is 0 Å². The van der Waals surface area contributed by atoms with Crippen molar-refractivity contribution >= 4 is 41.2 Å². The van der Waals surface area contributed by atoms with E-state index in [1.807, 2.05) is 0 Å². The van der Waals surface area contributed by atoms with Crippen LogP contribution in [-0.4, -0.2) is 135 Å². The molecule has 2 heterocycles. The second-order valence-electron chi connectivity index (χ2n) is 10.3. The van der Waals surface area contributed by atoms with E-state index in [9.17, 15) is 54.0 Å². The van der Waals surface area contributed by atoms with E-state index < -0.39 is 114 Å². The molecule has 0 saturated carbocycles. The average molecular weight is 637 g/mol. The first-order valence-corrected chi connectivity index (χ1v) is 13.1. The summed E-state index contributed by atoms with van der Waals surface area (Å²) in [6.07, 6.45) is -18.6. The van der Waals surface area contributed by atoms with Crippen LogP contribution in [0.25, 0.3) is 0 Å². The minimum atomic E-state index is -3.47. The van der Waals surface area contributed by atoms with E-state index in [-0.39, 0.29) is 0 Å². The summed E-state index contributed by atoms with van der Waals surface area (Å²) in [6.45, 7) is 5.47. The third kappa shape index (κ3) is 7.28. The first kappa shape index (κ1) is 36.8. The number of ether oxygens (including phenoxy) is 7. The van der Waals surface area contributed by atoms with E-state index in [4.69, 9.17) is 33.2 Å². The molecule has 0 aromatic rings. The van der Waals surface area contributed by atoms with Gasteiger partial charge in [0.15, 0.2) is 53.2 Å². The summed E-state index contributed by atoms with van der Waals surface area (Å²) in [6, 6.07) is 0. The van der Waals surface area contributed by atoms with Gasteiger partial charge in [0.25, 0.3) is 0 Å². The molecule has 2 saturated heterocycles. The summed E-state index contributed by atoms with van der Waals surface area (Å²) in [5, 5.41) is 44.3. The van der Waals surface area contributed by atoms with E-state index >= 15 is 0 Å². The molecule has 4 N–H and O–H groups in total. The fraction of sp³-hybridized carbons (Fsp3) is 0.731. The largest absolute Gasteiger partial charge is 0.463 e. The fourth-order valence-corrected chi connectivity index (χ4v) is 4.96. The van der Waals surface area contributed by atoms with Gasteiger partial charge >= 0.3 is 23.9 Å². The monoisotopic (exact) mass is 636 g/mol. The third-order valence-corrected chi connectivity index (χ3v) is 6.95. The normalized spacial score (nSPS) is 35.9. The molecule has 0 bridgehead atoms. The molecule has 0 spiro atoms. The Morgan fingerprint density at radius 3 is 1.59 bits per heavy atom. The van der Waals surface area contributed by atoms with E-state index in [1.165, 1.54) is 0 Å². The SMILES string of the molecule is CC(=O)OC[C@H]1O[C@@H](O[C@H]2O[C@H](C(O)C(C)=O)[C@](O)(C(C)=O)[C@@](O)(C(C)=O)[C@@H]2O)[C@@H](OC(C)=O)[C@@H](OC(C)=O)[C@@H]1OC(C)=O. The highest BCUT2D eigenvalue weighted by Crippen LogP contribution is 2.43. The number of esters is 4. The van der Waals surface area contributed by atoms with Crippen molar-refractivity contribution in [2.24, 2.45) is 0 Å². The fourth-order valence-electron chi connectivity index (χ4n) is 4.96. The Balaban J connectivity index is 2.71. The molecule has 0 radical (unpaired) electrons. The maximum Gasteiger partial charge on any atom is 0.303 e. The topological polar surface area (TPSA) is 265 Å². The van der Waals surface area contributed by atoms with Gasteiger partial charge in [0, 0.05) is 27.7 Å². The summed E-state index contributed by atoms with van der Waals surface area (Å²) in [7, 11) is 0. The van der Waals surface area contributed by atoms with E-state index in [0.29, 0.717) is 13.8 Å². The second-order valence-corrected chi connectivity index (χ2v) is 10.3. The van der Waals surface area contributed by atoms with Crippen molar-refractivity contribution in [2.75, 3.05) is 6.61 Å². The van der Waals surface area contributed by atoms with Crippen LogP contribution < -0.4 is 0 Å². The van der Waals surface area contributed by atoms with E-state index in [2.05, 4.69) is 0 Å². The van der Waals surface area contributed by atoms with Crippen molar-refractivity contribution in [2.45, 2.75) is 115 Å². The highest BCUT2D eigenvalue weighted by Gasteiger charge is 2.72. The minimum absolute atomic E-state index is 0.668. The Morgan fingerprint density at radius 2 is 1.16 bits per heavy atom. The van der Waals surface area contributed by atoms with Gasteiger partial charge < -0.3 is 53.6 Å². The molecule has 0 aromatic carbocycles. The zero-order valence-corrected chi connectivity index (χ0v) is 24.9. The molecule has 248 valence electrons. The first-order chi connectivity index (χ1) is 20.2. The molecule has 11 atom stereocenters. The van der Waals surface area contributed by atoms with Crippen molar-refractivity contribution in [3.8, 4) is 0 Å². The number of Topliss-reactive ketones (excluding diaryl/α,β-unsaturated/α-hetero) is 3. The molecule has 18 heteroatoms. The number of ketones is 3. The average Bonchev–Trinajstić information content (AvgIpc) is 2.89. The Labute approximate surface area is 250 Å².